The van der Waals surface area contributed by atoms with E-state index in [9.17, 15) is 18.0 Å². The number of hydrogen-bond acceptors (Lipinski definition) is 4. The molecule has 0 aliphatic carbocycles. The van der Waals surface area contributed by atoms with Crippen LogP contribution in [0.15, 0.2) is 36.5 Å². The van der Waals surface area contributed by atoms with Crippen molar-refractivity contribution in [2.75, 3.05) is 45.9 Å². The molecule has 0 radical (unpaired) electrons. The fourth-order valence-corrected chi connectivity index (χ4v) is 3.54. The highest BCUT2D eigenvalue weighted by Gasteiger charge is 2.27. The Kier molecular flexibility index (Phi) is 7.09. The van der Waals surface area contributed by atoms with Crippen LogP contribution in [0.4, 0.5) is 13.2 Å². The summed E-state index contributed by atoms with van der Waals surface area (Å²) in [5.41, 5.74) is 1.30. The van der Waals surface area contributed by atoms with Crippen molar-refractivity contribution in [2.45, 2.75) is 12.6 Å². The molecule has 3 rings (SSSR count). The Bertz CT molecular complexity index is 858. The van der Waals surface area contributed by atoms with Crippen LogP contribution in [0.5, 0.6) is 0 Å². The lowest BCUT2D eigenvalue weighted by molar-refractivity contribution is -0.174. The standard InChI is InChI=1S/C19H23F3N4O2S/c20-19(21,22)14-28-12-4-7-24-8-10-25(11-9-24)17(27)16-13-23-18(29)26(16)15-5-2-1-3-6-15/h1-3,5-6,13H,4,7-12,14H2,(H,23,29). The molecule has 6 nitrogen and oxygen atoms in total. The summed E-state index contributed by atoms with van der Waals surface area (Å²) in [4.78, 5) is 19.8. The lowest BCUT2D eigenvalue weighted by Gasteiger charge is -2.34. The van der Waals surface area contributed by atoms with E-state index < -0.39 is 12.8 Å². The summed E-state index contributed by atoms with van der Waals surface area (Å²) in [5.74, 6) is -0.102. The average molecular weight is 428 g/mol. The van der Waals surface area contributed by atoms with Gasteiger partial charge < -0.3 is 14.6 Å². The molecule has 1 fully saturated rings. The van der Waals surface area contributed by atoms with E-state index in [0.717, 1.165) is 5.69 Å². The number of H-pyrrole nitrogens is 1. The van der Waals surface area contributed by atoms with Crippen LogP contribution in [0, 0.1) is 4.77 Å². The largest absolute Gasteiger partial charge is 0.411 e. The van der Waals surface area contributed by atoms with Gasteiger partial charge in [0.1, 0.15) is 12.3 Å². The number of aromatic amines is 1. The van der Waals surface area contributed by atoms with Crippen molar-refractivity contribution < 1.29 is 22.7 Å². The molecule has 0 unspecified atom stereocenters. The quantitative estimate of drug-likeness (QED) is 0.543. The van der Waals surface area contributed by atoms with E-state index in [2.05, 4.69) is 14.6 Å². The number of rotatable bonds is 7. The lowest BCUT2D eigenvalue weighted by atomic mass is 10.2. The lowest BCUT2D eigenvalue weighted by Crippen LogP contribution is -2.49. The van der Waals surface area contributed by atoms with E-state index in [4.69, 9.17) is 12.2 Å². The van der Waals surface area contributed by atoms with Crippen LogP contribution in [-0.4, -0.2) is 77.4 Å². The van der Waals surface area contributed by atoms with Gasteiger partial charge in [-0.15, -0.1) is 0 Å². The summed E-state index contributed by atoms with van der Waals surface area (Å²) in [6.07, 6.45) is -2.14. The van der Waals surface area contributed by atoms with Gasteiger partial charge in [-0.05, 0) is 30.8 Å². The number of carbonyl (C=O) groups is 1. The van der Waals surface area contributed by atoms with Crippen molar-refractivity contribution in [3.63, 3.8) is 0 Å². The molecule has 0 bridgehead atoms. The second-order valence-corrected chi connectivity index (χ2v) is 7.19. The molecule has 0 saturated carbocycles. The number of carbonyl (C=O) groups excluding carboxylic acids is 1. The number of ether oxygens (including phenoxy) is 1. The molecule has 29 heavy (non-hydrogen) atoms. The number of piperazine rings is 1. The van der Waals surface area contributed by atoms with Crippen LogP contribution >= 0.6 is 12.2 Å². The number of imidazole rings is 1. The normalized spacial score (nSPS) is 15.6. The van der Waals surface area contributed by atoms with Crippen molar-refractivity contribution in [3.05, 3.63) is 47.0 Å². The summed E-state index contributed by atoms with van der Waals surface area (Å²) >= 11 is 5.33. The second-order valence-electron chi connectivity index (χ2n) is 6.81. The highest BCUT2D eigenvalue weighted by Crippen LogP contribution is 2.16. The molecule has 1 aromatic heterocycles. The van der Waals surface area contributed by atoms with Crippen molar-refractivity contribution in [2.24, 2.45) is 0 Å². The topological polar surface area (TPSA) is 53.5 Å². The molecule has 1 aliphatic rings. The van der Waals surface area contributed by atoms with Gasteiger partial charge in [-0.2, -0.15) is 13.2 Å². The third-order valence-electron chi connectivity index (χ3n) is 4.70. The zero-order valence-electron chi connectivity index (χ0n) is 15.8. The molecule has 10 heteroatoms. The first-order valence-electron chi connectivity index (χ1n) is 9.37. The van der Waals surface area contributed by atoms with E-state index in [1.54, 1.807) is 15.7 Å². The maximum Gasteiger partial charge on any atom is 0.411 e. The Balaban J connectivity index is 1.51. The Morgan fingerprint density at radius 2 is 1.83 bits per heavy atom. The highest BCUT2D eigenvalue weighted by molar-refractivity contribution is 7.71. The molecule has 1 amide bonds. The Labute approximate surface area is 171 Å². The minimum Gasteiger partial charge on any atom is -0.372 e. The number of benzene rings is 1. The predicted molar refractivity (Wildman–Crippen MR) is 105 cm³/mol. The number of halogens is 3. The van der Waals surface area contributed by atoms with Gasteiger partial charge in [-0.1, -0.05) is 18.2 Å². The zero-order chi connectivity index (χ0) is 20.9. The average Bonchev–Trinajstić information content (AvgIpc) is 3.09. The Hall–Kier alpha value is -2.17. The number of hydrogen-bond donors (Lipinski definition) is 1. The molecule has 1 N–H and O–H groups in total. The number of nitrogens with zero attached hydrogens (tertiary/aromatic N) is 3. The van der Waals surface area contributed by atoms with Crippen molar-refractivity contribution in [1.29, 1.82) is 0 Å². The highest BCUT2D eigenvalue weighted by atomic mass is 32.1. The fraction of sp³-hybridized carbons (Fsp3) is 0.474. The number of alkyl halides is 3. The predicted octanol–water partition coefficient (Wildman–Crippen LogP) is 3.26. The summed E-state index contributed by atoms with van der Waals surface area (Å²) in [5, 5.41) is 0. The van der Waals surface area contributed by atoms with Gasteiger partial charge in [-0.25, -0.2) is 0 Å². The summed E-state index contributed by atoms with van der Waals surface area (Å²) in [7, 11) is 0. The number of aromatic nitrogens is 2. The SMILES string of the molecule is O=C(c1c[nH]c(=S)n1-c1ccccc1)N1CCN(CCCOCC(F)(F)F)CC1. The van der Waals surface area contributed by atoms with Crippen LogP contribution in [0.1, 0.15) is 16.9 Å². The number of nitrogens with one attached hydrogen (secondary N) is 1. The molecule has 2 heterocycles. The van der Waals surface area contributed by atoms with Gasteiger partial charge in [0.15, 0.2) is 4.77 Å². The van der Waals surface area contributed by atoms with Gasteiger partial charge in [0, 0.05) is 51.2 Å². The Morgan fingerprint density at radius 3 is 2.48 bits per heavy atom. The zero-order valence-corrected chi connectivity index (χ0v) is 16.6. The van der Waals surface area contributed by atoms with Crippen LogP contribution in [0.25, 0.3) is 5.69 Å². The minimum absolute atomic E-state index is 0.0701. The molecular formula is C19H23F3N4O2S. The maximum absolute atomic E-state index is 13.0. The molecule has 2 aromatic rings. The first-order valence-corrected chi connectivity index (χ1v) is 9.78. The molecule has 0 spiro atoms. The minimum atomic E-state index is -4.29. The van der Waals surface area contributed by atoms with Crippen molar-refractivity contribution in [1.82, 2.24) is 19.4 Å². The van der Waals surface area contributed by atoms with Crippen LogP contribution in [0.2, 0.25) is 0 Å². The first kappa shape index (κ1) is 21.5. The third kappa shape index (κ3) is 5.91. The van der Waals surface area contributed by atoms with Crippen LogP contribution < -0.4 is 0 Å². The first-order chi connectivity index (χ1) is 13.8. The van der Waals surface area contributed by atoms with Gasteiger partial charge in [0.2, 0.25) is 0 Å². The molecule has 1 aliphatic heterocycles. The fourth-order valence-electron chi connectivity index (χ4n) is 3.27. The van der Waals surface area contributed by atoms with E-state index >= 15 is 0 Å². The monoisotopic (exact) mass is 428 g/mol. The molecule has 1 saturated heterocycles. The van der Waals surface area contributed by atoms with Crippen LogP contribution in [0.3, 0.4) is 0 Å². The summed E-state index contributed by atoms with van der Waals surface area (Å²) in [6.45, 7) is 1.94. The van der Waals surface area contributed by atoms with Gasteiger partial charge in [0.25, 0.3) is 5.91 Å². The van der Waals surface area contributed by atoms with Gasteiger partial charge in [0.05, 0.1) is 0 Å². The van der Waals surface area contributed by atoms with Crippen molar-refractivity contribution in [3.8, 4) is 5.69 Å². The van der Waals surface area contributed by atoms with E-state index in [-0.39, 0.29) is 12.5 Å². The van der Waals surface area contributed by atoms with Gasteiger partial charge in [-0.3, -0.25) is 14.3 Å². The smallest absolute Gasteiger partial charge is 0.372 e. The summed E-state index contributed by atoms with van der Waals surface area (Å²) < 4.78 is 43.0. The molecular weight excluding hydrogens is 405 g/mol. The molecule has 1 aromatic carbocycles. The molecule has 0 atom stereocenters. The number of para-hydroxylation sites is 1. The van der Waals surface area contributed by atoms with Crippen molar-refractivity contribution >= 4 is 18.1 Å². The van der Waals surface area contributed by atoms with Crippen LogP contribution in [-0.2, 0) is 4.74 Å². The number of amides is 1. The summed E-state index contributed by atoms with van der Waals surface area (Å²) in [6, 6.07) is 9.44. The maximum atomic E-state index is 13.0. The third-order valence-corrected chi connectivity index (χ3v) is 5.00. The Morgan fingerprint density at radius 1 is 1.14 bits per heavy atom. The second kappa shape index (κ2) is 9.55. The van der Waals surface area contributed by atoms with E-state index in [1.165, 1.54) is 0 Å². The van der Waals surface area contributed by atoms with E-state index in [1.807, 2.05) is 30.3 Å². The van der Waals surface area contributed by atoms with Gasteiger partial charge >= 0.3 is 6.18 Å². The molecule has 158 valence electrons. The van der Waals surface area contributed by atoms with E-state index in [0.29, 0.717) is 49.6 Å².